The van der Waals surface area contributed by atoms with Crippen molar-refractivity contribution in [2.24, 2.45) is 0 Å². The Balaban J connectivity index is 2.79. The molecule has 0 amide bonds. The SMILES string of the molecule is O=C(O)C(F)C(=O)c1ccco1. The molecule has 0 aliphatic carbocycles. The third kappa shape index (κ3) is 1.50. The van der Waals surface area contributed by atoms with Crippen LogP contribution in [0.3, 0.4) is 0 Å². The number of carboxylic acids is 1. The number of alkyl halides is 1. The number of rotatable bonds is 3. The monoisotopic (exact) mass is 172 g/mol. The number of carboxylic acid groups (broad SMARTS) is 1. The lowest BCUT2D eigenvalue weighted by Gasteiger charge is -1.97. The first-order valence-corrected chi connectivity index (χ1v) is 3.07. The van der Waals surface area contributed by atoms with Gasteiger partial charge in [-0.25, -0.2) is 9.18 Å². The molecule has 0 saturated heterocycles. The molecule has 1 aromatic heterocycles. The van der Waals surface area contributed by atoms with Crippen molar-refractivity contribution in [1.29, 1.82) is 0 Å². The largest absolute Gasteiger partial charge is 0.479 e. The van der Waals surface area contributed by atoms with Gasteiger partial charge in [-0.1, -0.05) is 0 Å². The molecular formula is C7H5FO4. The Morgan fingerprint density at radius 2 is 2.25 bits per heavy atom. The minimum Gasteiger partial charge on any atom is -0.479 e. The zero-order valence-electron chi connectivity index (χ0n) is 5.86. The summed E-state index contributed by atoms with van der Waals surface area (Å²) >= 11 is 0. The highest BCUT2D eigenvalue weighted by atomic mass is 19.1. The van der Waals surface area contributed by atoms with E-state index in [-0.39, 0.29) is 5.76 Å². The van der Waals surface area contributed by atoms with Gasteiger partial charge in [-0.05, 0) is 12.1 Å². The lowest BCUT2D eigenvalue weighted by molar-refractivity contribution is -0.140. The van der Waals surface area contributed by atoms with Crippen LogP contribution in [0.4, 0.5) is 4.39 Å². The van der Waals surface area contributed by atoms with Crippen molar-refractivity contribution in [1.82, 2.24) is 0 Å². The van der Waals surface area contributed by atoms with Crippen LogP contribution in [-0.2, 0) is 4.79 Å². The van der Waals surface area contributed by atoms with Gasteiger partial charge in [-0.3, -0.25) is 4.79 Å². The quantitative estimate of drug-likeness (QED) is 0.543. The topological polar surface area (TPSA) is 67.5 Å². The number of carbonyl (C=O) groups excluding carboxylic acids is 1. The van der Waals surface area contributed by atoms with Crippen LogP contribution in [0.1, 0.15) is 10.6 Å². The Hall–Kier alpha value is -1.65. The predicted molar refractivity (Wildman–Crippen MR) is 35.6 cm³/mol. The van der Waals surface area contributed by atoms with Crippen LogP contribution in [0.2, 0.25) is 0 Å². The first-order valence-electron chi connectivity index (χ1n) is 3.07. The molecule has 0 aromatic carbocycles. The first-order chi connectivity index (χ1) is 5.63. The molecule has 1 rings (SSSR count). The summed E-state index contributed by atoms with van der Waals surface area (Å²) < 4.78 is 17.0. The molecule has 5 heteroatoms. The average molecular weight is 172 g/mol. The van der Waals surface area contributed by atoms with Gasteiger partial charge < -0.3 is 9.52 Å². The standard InChI is InChI=1S/C7H5FO4/c8-5(7(10)11)6(9)4-2-1-3-12-4/h1-3,5H,(H,10,11). The highest BCUT2D eigenvalue weighted by Gasteiger charge is 2.28. The summed E-state index contributed by atoms with van der Waals surface area (Å²) in [5.41, 5.74) is 0. The summed E-state index contributed by atoms with van der Waals surface area (Å²) in [6.07, 6.45) is -1.38. The maximum atomic E-state index is 12.5. The van der Waals surface area contributed by atoms with Crippen LogP contribution in [0.5, 0.6) is 0 Å². The van der Waals surface area contributed by atoms with E-state index < -0.39 is 17.9 Å². The van der Waals surface area contributed by atoms with E-state index in [1.54, 1.807) is 0 Å². The summed E-state index contributed by atoms with van der Waals surface area (Å²) in [5, 5.41) is 8.11. The van der Waals surface area contributed by atoms with Gasteiger partial charge in [0.15, 0.2) is 5.76 Å². The number of furan rings is 1. The average Bonchev–Trinajstić information content (AvgIpc) is 2.53. The molecule has 0 aliphatic heterocycles. The lowest BCUT2D eigenvalue weighted by Crippen LogP contribution is -2.24. The smallest absolute Gasteiger partial charge is 0.346 e. The van der Waals surface area contributed by atoms with E-state index in [0.29, 0.717) is 0 Å². The number of carbonyl (C=O) groups is 2. The van der Waals surface area contributed by atoms with Crippen molar-refractivity contribution < 1.29 is 23.5 Å². The maximum Gasteiger partial charge on any atom is 0.346 e. The Bertz CT molecular complexity index is 290. The fourth-order valence-electron chi connectivity index (χ4n) is 0.656. The number of hydrogen-bond acceptors (Lipinski definition) is 3. The minimum absolute atomic E-state index is 0.287. The molecule has 12 heavy (non-hydrogen) atoms. The number of ketones is 1. The molecule has 0 spiro atoms. The van der Waals surface area contributed by atoms with Crippen molar-refractivity contribution in [3.05, 3.63) is 24.2 Å². The molecule has 1 N–H and O–H groups in total. The molecular weight excluding hydrogens is 167 g/mol. The zero-order valence-corrected chi connectivity index (χ0v) is 5.86. The third-order valence-electron chi connectivity index (χ3n) is 1.21. The molecule has 1 aromatic rings. The predicted octanol–water partition coefficient (Wildman–Crippen LogP) is 0.885. The van der Waals surface area contributed by atoms with E-state index in [9.17, 15) is 14.0 Å². The summed E-state index contributed by atoms with van der Waals surface area (Å²) in [5.74, 6) is -3.27. The third-order valence-corrected chi connectivity index (χ3v) is 1.21. The second-order valence-electron chi connectivity index (χ2n) is 2.04. The van der Waals surface area contributed by atoms with E-state index in [4.69, 9.17) is 5.11 Å². The molecule has 0 radical (unpaired) electrons. The fraction of sp³-hybridized carbons (Fsp3) is 0.143. The van der Waals surface area contributed by atoms with Crippen LogP contribution in [0, 0.1) is 0 Å². The van der Waals surface area contributed by atoms with Crippen molar-refractivity contribution in [2.75, 3.05) is 0 Å². The lowest BCUT2D eigenvalue weighted by atomic mass is 10.2. The summed E-state index contributed by atoms with van der Waals surface area (Å²) in [4.78, 5) is 20.8. The van der Waals surface area contributed by atoms with E-state index in [1.165, 1.54) is 18.4 Å². The summed E-state index contributed by atoms with van der Waals surface area (Å²) in [6, 6.07) is 2.58. The molecule has 4 nitrogen and oxygen atoms in total. The van der Waals surface area contributed by atoms with Gasteiger partial charge in [-0.2, -0.15) is 0 Å². The van der Waals surface area contributed by atoms with E-state index >= 15 is 0 Å². The normalized spacial score (nSPS) is 12.4. The zero-order chi connectivity index (χ0) is 9.14. The second-order valence-corrected chi connectivity index (χ2v) is 2.04. The fourth-order valence-corrected chi connectivity index (χ4v) is 0.656. The van der Waals surface area contributed by atoms with Crippen LogP contribution >= 0.6 is 0 Å². The van der Waals surface area contributed by atoms with Crippen LogP contribution < -0.4 is 0 Å². The van der Waals surface area contributed by atoms with Gasteiger partial charge in [0.1, 0.15) is 0 Å². The molecule has 64 valence electrons. The van der Waals surface area contributed by atoms with Crippen molar-refractivity contribution in [3.8, 4) is 0 Å². The number of halogens is 1. The molecule has 0 saturated carbocycles. The van der Waals surface area contributed by atoms with Crippen molar-refractivity contribution >= 4 is 11.8 Å². The number of aliphatic carboxylic acids is 1. The van der Waals surface area contributed by atoms with E-state index in [0.717, 1.165) is 0 Å². The second kappa shape index (κ2) is 3.17. The molecule has 0 aliphatic rings. The molecule has 0 bridgehead atoms. The summed E-state index contributed by atoms with van der Waals surface area (Å²) in [7, 11) is 0. The highest BCUT2D eigenvalue weighted by Crippen LogP contribution is 2.06. The van der Waals surface area contributed by atoms with Gasteiger partial charge in [0.2, 0.25) is 5.78 Å². The van der Waals surface area contributed by atoms with Gasteiger partial charge in [-0.15, -0.1) is 0 Å². The van der Waals surface area contributed by atoms with Crippen LogP contribution in [0.15, 0.2) is 22.8 Å². The Morgan fingerprint density at radius 3 is 2.67 bits per heavy atom. The van der Waals surface area contributed by atoms with E-state index in [1.807, 2.05) is 0 Å². The van der Waals surface area contributed by atoms with Gasteiger partial charge >= 0.3 is 5.97 Å². The summed E-state index contributed by atoms with van der Waals surface area (Å²) in [6.45, 7) is 0. The van der Waals surface area contributed by atoms with Gasteiger partial charge in [0, 0.05) is 0 Å². The van der Waals surface area contributed by atoms with Crippen LogP contribution in [0.25, 0.3) is 0 Å². The van der Waals surface area contributed by atoms with Gasteiger partial charge in [0.05, 0.1) is 6.26 Å². The Morgan fingerprint density at radius 1 is 1.58 bits per heavy atom. The highest BCUT2D eigenvalue weighted by molar-refractivity contribution is 6.09. The number of Topliss-reactive ketones (excluding diaryl/α,β-unsaturated/α-hetero) is 1. The van der Waals surface area contributed by atoms with Crippen molar-refractivity contribution in [2.45, 2.75) is 6.17 Å². The first kappa shape index (κ1) is 8.45. The molecule has 1 heterocycles. The molecule has 1 atom stereocenters. The van der Waals surface area contributed by atoms with Crippen molar-refractivity contribution in [3.63, 3.8) is 0 Å². The maximum absolute atomic E-state index is 12.5. The Labute approximate surface area is 66.6 Å². The molecule has 0 fully saturated rings. The minimum atomic E-state index is -2.55. The van der Waals surface area contributed by atoms with E-state index in [2.05, 4.69) is 4.42 Å². The van der Waals surface area contributed by atoms with Crippen LogP contribution in [-0.4, -0.2) is 23.0 Å². The molecule has 1 unspecified atom stereocenters. The Kier molecular flexibility index (Phi) is 2.23. The van der Waals surface area contributed by atoms with Gasteiger partial charge in [0.25, 0.3) is 6.17 Å². The number of hydrogen-bond donors (Lipinski definition) is 1.